The van der Waals surface area contributed by atoms with Crippen LogP contribution in [0.1, 0.15) is 61.2 Å². The first-order valence-electron chi connectivity index (χ1n) is 8.67. The van der Waals surface area contributed by atoms with Crippen LogP contribution in [0.5, 0.6) is 0 Å². The highest BCUT2D eigenvalue weighted by atomic mass is 16.5. The summed E-state index contributed by atoms with van der Waals surface area (Å²) in [6, 6.07) is 0.0452. The number of amides is 1. The highest BCUT2D eigenvalue weighted by Gasteiger charge is 2.30. The molecule has 6 heteroatoms. The number of carboxylic acid groups (broad SMARTS) is 1. The van der Waals surface area contributed by atoms with Crippen LogP contribution in [0.15, 0.2) is 10.7 Å². The molecule has 1 fully saturated rings. The zero-order chi connectivity index (χ0) is 17.7. The number of carbonyl (C=O) groups excluding carboxylic acids is 1. The summed E-state index contributed by atoms with van der Waals surface area (Å²) in [5.41, 5.74) is 1.01. The van der Waals surface area contributed by atoms with Crippen molar-refractivity contribution in [1.82, 2.24) is 5.32 Å². The predicted molar refractivity (Wildman–Crippen MR) is 89.1 cm³/mol. The molecule has 0 spiro atoms. The van der Waals surface area contributed by atoms with Gasteiger partial charge in [0.05, 0.1) is 17.9 Å². The molecule has 2 unspecified atom stereocenters. The van der Waals surface area contributed by atoms with Gasteiger partial charge in [-0.15, -0.1) is 0 Å². The second-order valence-electron chi connectivity index (χ2n) is 6.47. The molecule has 0 radical (unpaired) electrons. The summed E-state index contributed by atoms with van der Waals surface area (Å²) < 4.78 is 11.1. The standard InChI is InChI=1S/C18H27NO5/c1-4-12(5-2)14-8-13(6-7-23-14)19-18(22)17-11(3)10-24-15(17)9-16(20)21/h10,12-14H,4-9H2,1-3H3,(H,19,22)(H,20,21). The van der Waals surface area contributed by atoms with E-state index in [0.717, 1.165) is 25.7 Å². The van der Waals surface area contributed by atoms with Crippen molar-refractivity contribution in [3.63, 3.8) is 0 Å². The fourth-order valence-electron chi connectivity index (χ4n) is 3.43. The Kier molecular flexibility index (Phi) is 6.43. The van der Waals surface area contributed by atoms with Crippen LogP contribution < -0.4 is 5.32 Å². The van der Waals surface area contributed by atoms with E-state index in [1.54, 1.807) is 6.92 Å². The second-order valence-corrected chi connectivity index (χ2v) is 6.47. The van der Waals surface area contributed by atoms with Crippen molar-refractivity contribution >= 4 is 11.9 Å². The van der Waals surface area contributed by atoms with Gasteiger partial charge in [0.25, 0.3) is 5.91 Å². The van der Waals surface area contributed by atoms with Crippen LogP contribution in [0.3, 0.4) is 0 Å². The van der Waals surface area contributed by atoms with Crippen molar-refractivity contribution < 1.29 is 23.8 Å². The average molecular weight is 337 g/mol. The van der Waals surface area contributed by atoms with Gasteiger partial charge in [-0.2, -0.15) is 0 Å². The van der Waals surface area contributed by atoms with Crippen molar-refractivity contribution in [2.75, 3.05) is 6.61 Å². The Morgan fingerprint density at radius 1 is 1.38 bits per heavy atom. The molecule has 0 aromatic carbocycles. The monoisotopic (exact) mass is 337 g/mol. The average Bonchev–Trinajstić information content (AvgIpc) is 2.89. The van der Waals surface area contributed by atoms with E-state index in [-0.39, 0.29) is 30.2 Å². The van der Waals surface area contributed by atoms with Gasteiger partial charge in [-0.05, 0) is 25.7 Å². The Balaban J connectivity index is 2.04. The molecule has 24 heavy (non-hydrogen) atoms. The summed E-state index contributed by atoms with van der Waals surface area (Å²) in [4.78, 5) is 23.5. The molecule has 1 aromatic rings. The van der Waals surface area contributed by atoms with E-state index in [0.29, 0.717) is 23.7 Å². The topological polar surface area (TPSA) is 88.8 Å². The lowest BCUT2D eigenvalue weighted by molar-refractivity contribution is -0.136. The van der Waals surface area contributed by atoms with Crippen molar-refractivity contribution in [1.29, 1.82) is 0 Å². The van der Waals surface area contributed by atoms with E-state index in [2.05, 4.69) is 19.2 Å². The summed E-state index contributed by atoms with van der Waals surface area (Å²) >= 11 is 0. The van der Waals surface area contributed by atoms with Crippen molar-refractivity contribution in [2.45, 2.75) is 65.0 Å². The first-order valence-corrected chi connectivity index (χ1v) is 8.67. The van der Waals surface area contributed by atoms with Crippen molar-refractivity contribution in [2.24, 2.45) is 5.92 Å². The molecule has 2 rings (SSSR count). The number of nitrogens with one attached hydrogen (secondary N) is 1. The number of carbonyl (C=O) groups is 2. The highest BCUT2D eigenvalue weighted by Crippen LogP contribution is 2.26. The van der Waals surface area contributed by atoms with Gasteiger partial charge in [-0.25, -0.2) is 0 Å². The number of carboxylic acids is 1. The summed E-state index contributed by atoms with van der Waals surface area (Å²) in [5.74, 6) is -0.560. The number of rotatable bonds is 7. The Morgan fingerprint density at radius 2 is 2.08 bits per heavy atom. The molecule has 6 nitrogen and oxygen atoms in total. The highest BCUT2D eigenvalue weighted by molar-refractivity contribution is 5.97. The van der Waals surface area contributed by atoms with E-state index in [1.807, 2.05) is 0 Å². The maximum absolute atomic E-state index is 12.6. The first-order chi connectivity index (χ1) is 11.5. The Bertz CT molecular complexity index is 576. The fraction of sp³-hybridized carbons (Fsp3) is 0.667. The van der Waals surface area contributed by atoms with E-state index in [4.69, 9.17) is 14.3 Å². The maximum Gasteiger partial charge on any atom is 0.311 e. The van der Waals surface area contributed by atoms with Crippen LogP contribution in [0, 0.1) is 12.8 Å². The molecule has 0 saturated carbocycles. The predicted octanol–water partition coefficient (Wildman–Crippen LogP) is 2.93. The lowest BCUT2D eigenvalue weighted by Crippen LogP contribution is -2.44. The first kappa shape index (κ1) is 18.5. The Labute approximate surface area is 142 Å². The summed E-state index contributed by atoms with van der Waals surface area (Å²) in [6.45, 7) is 6.71. The fourth-order valence-corrected chi connectivity index (χ4v) is 3.43. The van der Waals surface area contributed by atoms with Gasteiger partial charge in [-0.3, -0.25) is 9.59 Å². The summed E-state index contributed by atoms with van der Waals surface area (Å²) in [6.07, 6.45) is 5.00. The molecule has 2 heterocycles. The van der Waals surface area contributed by atoms with Gasteiger partial charge in [-0.1, -0.05) is 26.7 Å². The zero-order valence-electron chi connectivity index (χ0n) is 14.6. The van der Waals surface area contributed by atoms with Gasteiger partial charge in [0.1, 0.15) is 12.2 Å². The molecule has 1 aliphatic rings. The van der Waals surface area contributed by atoms with Crippen LogP contribution in [-0.2, 0) is 16.0 Å². The molecule has 1 saturated heterocycles. The molecule has 0 bridgehead atoms. The molecular formula is C18H27NO5. The van der Waals surface area contributed by atoms with Crippen LogP contribution >= 0.6 is 0 Å². The third-order valence-corrected chi connectivity index (χ3v) is 4.81. The number of aryl methyl sites for hydroxylation is 1. The number of hydrogen-bond donors (Lipinski definition) is 2. The van der Waals surface area contributed by atoms with Gasteiger partial charge in [0, 0.05) is 18.2 Å². The largest absolute Gasteiger partial charge is 0.481 e. The molecule has 1 amide bonds. The molecular weight excluding hydrogens is 310 g/mol. The number of hydrogen-bond acceptors (Lipinski definition) is 4. The molecule has 1 aliphatic heterocycles. The van der Waals surface area contributed by atoms with Crippen LogP contribution in [-0.4, -0.2) is 35.7 Å². The third-order valence-electron chi connectivity index (χ3n) is 4.81. The van der Waals surface area contributed by atoms with Crippen molar-refractivity contribution in [3.05, 3.63) is 23.2 Å². The van der Waals surface area contributed by atoms with Gasteiger partial charge in [0.15, 0.2) is 0 Å². The molecule has 2 atom stereocenters. The van der Waals surface area contributed by atoms with Crippen molar-refractivity contribution in [3.8, 4) is 0 Å². The van der Waals surface area contributed by atoms with E-state index < -0.39 is 5.97 Å². The van der Waals surface area contributed by atoms with Gasteiger partial charge < -0.3 is 19.6 Å². The van der Waals surface area contributed by atoms with Crippen LogP contribution in [0.2, 0.25) is 0 Å². The minimum absolute atomic E-state index is 0.0452. The lowest BCUT2D eigenvalue weighted by atomic mass is 9.89. The number of ether oxygens (including phenoxy) is 1. The quantitative estimate of drug-likeness (QED) is 0.798. The number of furan rings is 1. The zero-order valence-corrected chi connectivity index (χ0v) is 14.6. The number of aliphatic carboxylic acids is 1. The van der Waals surface area contributed by atoms with E-state index in [1.165, 1.54) is 6.26 Å². The SMILES string of the molecule is CCC(CC)C1CC(NC(=O)c2c(C)coc2CC(=O)O)CCO1. The summed E-state index contributed by atoms with van der Waals surface area (Å²) in [5, 5.41) is 12.0. The van der Waals surface area contributed by atoms with Gasteiger partial charge in [0.2, 0.25) is 0 Å². The maximum atomic E-state index is 12.6. The Hall–Kier alpha value is -1.82. The third kappa shape index (κ3) is 4.38. The molecule has 1 aromatic heterocycles. The van der Waals surface area contributed by atoms with E-state index >= 15 is 0 Å². The van der Waals surface area contributed by atoms with E-state index in [9.17, 15) is 9.59 Å². The van der Waals surface area contributed by atoms with Gasteiger partial charge >= 0.3 is 5.97 Å². The molecule has 0 aliphatic carbocycles. The lowest BCUT2D eigenvalue weighted by Gasteiger charge is -2.34. The normalized spacial score (nSPS) is 21.0. The van der Waals surface area contributed by atoms with Crippen LogP contribution in [0.25, 0.3) is 0 Å². The summed E-state index contributed by atoms with van der Waals surface area (Å²) in [7, 11) is 0. The molecule has 134 valence electrons. The minimum atomic E-state index is -1.02. The minimum Gasteiger partial charge on any atom is -0.481 e. The van der Waals surface area contributed by atoms with Crippen LogP contribution in [0.4, 0.5) is 0 Å². The molecule has 2 N–H and O–H groups in total. The second kappa shape index (κ2) is 8.33. The smallest absolute Gasteiger partial charge is 0.311 e. The Morgan fingerprint density at radius 3 is 2.71 bits per heavy atom.